The van der Waals surface area contributed by atoms with Gasteiger partial charge >= 0.3 is 6.03 Å². The van der Waals surface area contributed by atoms with Gasteiger partial charge < -0.3 is 25.1 Å². The molecule has 2 aliphatic heterocycles. The number of aliphatic carboxylic acids is 1. The van der Waals surface area contributed by atoms with E-state index in [4.69, 9.17) is 15.2 Å². The Kier molecular flexibility index (Phi) is 11.0. The van der Waals surface area contributed by atoms with Crippen LogP contribution in [0.5, 0.6) is 0 Å². The Morgan fingerprint density at radius 3 is 2.17 bits per heavy atom. The molecule has 3 aliphatic rings. The number of hydrogen-bond acceptors (Lipinski definition) is 5. The van der Waals surface area contributed by atoms with Crippen molar-refractivity contribution in [3.63, 3.8) is 0 Å². The Balaban J connectivity index is 0.000000325. The van der Waals surface area contributed by atoms with Crippen molar-refractivity contribution in [1.29, 1.82) is 5.26 Å². The van der Waals surface area contributed by atoms with E-state index in [0.717, 1.165) is 45.7 Å². The molecule has 0 radical (unpaired) electrons. The summed E-state index contributed by atoms with van der Waals surface area (Å²) in [5.41, 5.74) is 1.32. The summed E-state index contributed by atoms with van der Waals surface area (Å²) in [7, 11) is 3.58. The molecule has 2 heterocycles. The van der Waals surface area contributed by atoms with Crippen LogP contribution in [0, 0.1) is 30.1 Å². The van der Waals surface area contributed by atoms with Crippen LogP contribution in [0.25, 0.3) is 0 Å². The number of carboxylic acids is 1. The minimum Gasteiger partial charge on any atom is -0.481 e. The topological polar surface area (TPSA) is 117 Å². The van der Waals surface area contributed by atoms with Gasteiger partial charge in [0.25, 0.3) is 5.97 Å². The second-order valence-corrected chi connectivity index (χ2v) is 9.70. The van der Waals surface area contributed by atoms with Gasteiger partial charge in [-0.25, -0.2) is 4.79 Å². The summed E-state index contributed by atoms with van der Waals surface area (Å²) in [6, 6.07) is 12.7. The number of fused-ring (bicyclic) bond motifs is 1. The van der Waals surface area contributed by atoms with E-state index in [1.807, 2.05) is 23.1 Å². The van der Waals surface area contributed by atoms with Crippen molar-refractivity contribution < 1.29 is 19.5 Å². The summed E-state index contributed by atoms with van der Waals surface area (Å²) in [4.78, 5) is 38.6. The molecule has 35 heavy (non-hydrogen) atoms. The molecule has 192 valence electrons. The van der Waals surface area contributed by atoms with Gasteiger partial charge in [-0.2, -0.15) is 5.26 Å². The summed E-state index contributed by atoms with van der Waals surface area (Å²) in [5.74, 6) is 0.292. The first-order chi connectivity index (χ1) is 16.6. The number of nitrogens with zero attached hydrogens (tertiary/aromatic N) is 4. The number of hydrogen-bond donors (Lipinski definition) is 2. The van der Waals surface area contributed by atoms with E-state index >= 15 is 0 Å². The highest BCUT2D eigenvalue weighted by Crippen LogP contribution is 2.38. The van der Waals surface area contributed by atoms with Crippen LogP contribution in [0.2, 0.25) is 0 Å². The zero-order valence-corrected chi connectivity index (χ0v) is 21.3. The Labute approximate surface area is 208 Å². The number of benzene rings is 1. The molecule has 1 aromatic carbocycles. The number of likely N-dealkylation sites (tertiary alicyclic amines) is 2. The zero-order chi connectivity index (χ0) is 26.0. The van der Waals surface area contributed by atoms with Crippen molar-refractivity contribution in [2.45, 2.75) is 51.6 Å². The van der Waals surface area contributed by atoms with Crippen LogP contribution in [0.4, 0.5) is 4.79 Å². The Hall–Kier alpha value is -3.12. The molecule has 4 rings (SSSR count). The molecule has 9 nitrogen and oxygen atoms in total. The van der Waals surface area contributed by atoms with Gasteiger partial charge in [-0.15, -0.1) is 0 Å². The molecule has 1 saturated carbocycles. The van der Waals surface area contributed by atoms with E-state index in [2.05, 4.69) is 30.4 Å². The van der Waals surface area contributed by atoms with Crippen LogP contribution in [0.1, 0.15) is 38.2 Å². The van der Waals surface area contributed by atoms with Crippen molar-refractivity contribution in [3.8, 4) is 6.07 Å². The first-order valence-electron chi connectivity index (χ1n) is 12.2. The molecule has 2 N–H and O–H groups in total. The van der Waals surface area contributed by atoms with E-state index in [9.17, 15) is 9.59 Å². The smallest absolute Gasteiger partial charge is 0.319 e. The fraction of sp³-hybridized carbons (Fsp3) is 0.615. The summed E-state index contributed by atoms with van der Waals surface area (Å²) in [6.07, 6.45) is 3.77. The average molecular weight is 486 g/mol. The number of aryl methyl sites for hydroxylation is 1. The SMILES string of the molecule is CC(=O)O.CN(C)C(=O)N1C[C@H]2CC(NCC(=O)N3CCCC3C#N)C[C@H]2C1.Cc1ccccc1. The molecule has 1 aliphatic carbocycles. The Morgan fingerprint density at radius 2 is 1.71 bits per heavy atom. The lowest BCUT2D eigenvalue weighted by Gasteiger charge is -2.24. The lowest BCUT2D eigenvalue weighted by Crippen LogP contribution is -2.43. The van der Waals surface area contributed by atoms with E-state index in [0.29, 0.717) is 31.0 Å². The molecule has 0 spiro atoms. The quantitative estimate of drug-likeness (QED) is 0.680. The third kappa shape index (κ3) is 8.87. The van der Waals surface area contributed by atoms with Crippen molar-refractivity contribution in [2.75, 3.05) is 40.3 Å². The summed E-state index contributed by atoms with van der Waals surface area (Å²) in [6.45, 7) is 5.85. The van der Waals surface area contributed by atoms with Crippen LogP contribution < -0.4 is 5.32 Å². The van der Waals surface area contributed by atoms with Gasteiger partial charge in [0.2, 0.25) is 5.91 Å². The maximum atomic E-state index is 12.3. The van der Waals surface area contributed by atoms with Gasteiger partial charge in [0, 0.05) is 46.7 Å². The number of amides is 3. The van der Waals surface area contributed by atoms with Gasteiger partial charge in [0.05, 0.1) is 12.6 Å². The second-order valence-electron chi connectivity index (χ2n) is 9.70. The molecule has 0 aromatic heterocycles. The predicted molar refractivity (Wildman–Crippen MR) is 133 cm³/mol. The number of rotatable bonds is 3. The third-order valence-corrected chi connectivity index (χ3v) is 6.61. The molecule has 3 amide bonds. The molecule has 2 saturated heterocycles. The highest BCUT2D eigenvalue weighted by molar-refractivity contribution is 5.79. The van der Waals surface area contributed by atoms with Crippen molar-refractivity contribution in [3.05, 3.63) is 35.9 Å². The van der Waals surface area contributed by atoms with Crippen molar-refractivity contribution in [1.82, 2.24) is 20.0 Å². The molecule has 1 aromatic rings. The highest BCUT2D eigenvalue weighted by Gasteiger charge is 2.42. The third-order valence-electron chi connectivity index (χ3n) is 6.61. The van der Waals surface area contributed by atoms with E-state index in [-0.39, 0.29) is 18.0 Å². The molecule has 4 atom stereocenters. The number of nitriles is 1. The fourth-order valence-electron chi connectivity index (χ4n) is 4.97. The molecule has 9 heteroatoms. The standard InChI is InChI=1S/C17H27N5O2.C7H8.C2H4O2/c1-20(2)17(24)21-10-12-6-14(7-13(12)11-21)19-9-16(23)22-5-3-4-15(22)8-18;1-7-5-3-2-4-6-7;1-2(3)4/h12-15,19H,3-7,9-11H2,1-2H3;2-6H,1H3;1H3,(H,3,4)/t12-,13+,14?,15?;;. The molecule has 2 unspecified atom stereocenters. The number of urea groups is 1. The maximum Gasteiger partial charge on any atom is 0.319 e. The van der Waals surface area contributed by atoms with Crippen LogP contribution in [-0.2, 0) is 9.59 Å². The lowest BCUT2D eigenvalue weighted by atomic mass is 10.0. The minimum absolute atomic E-state index is 0.0421. The highest BCUT2D eigenvalue weighted by atomic mass is 16.4. The molecule has 3 fully saturated rings. The number of nitrogens with one attached hydrogen (secondary N) is 1. The van der Waals surface area contributed by atoms with Crippen LogP contribution in [0.15, 0.2) is 30.3 Å². The van der Waals surface area contributed by atoms with Crippen molar-refractivity contribution in [2.24, 2.45) is 11.8 Å². The van der Waals surface area contributed by atoms with Gasteiger partial charge in [-0.05, 0) is 44.4 Å². The van der Waals surface area contributed by atoms with Gasteiger partial charge in [0.15, 0.2) is 0 Å². The average Bonchev–Trinajstić information content (AvgIpc) is 3.52. The van der Waals surface area contributed by atoms with E-state index in [1.54, 1.807) is 23.9 Å². The lowest BCUT2D eigenvalue weighted by molar-refractivity contribution is -0.134. The Morgan fingerprint density at radius 1 is 1.14 bits per heavy atom. The molecule has 0 bridgehead atoms. The summed E-state index contributed by atoms with van der Waals surface area (Å²) in [5, 5.41) is 19.9. The van der Waals surface area contributed by atoms with Crippen LogP contribution >= 0.6 is 0 Å². The van der Waals surface area contributed by atoms with E-state index < -0.39 is 5.97 Å². The predicted octanol–water partition coefficient (Wildman–Crippen LogP) is 2.57. The van der Waals surface area contributed by atoms with Gasteiger partial charge in [-0.3, -0.25) is 9.59 Å². The first-order valence-corrected chi connectivity index (χ1v) is 12.2. The monoisotopic (exact) mass is 485 g/mol. The van der Waals surface area contributed by atoms with E-state index in [1.165, 1.54) is 5.56 Å². The molecular weight excluding hydrogens is 446 g/mol. The Bertz CT molecular complexity index is 867. The summed E-state index contributed by atoms with van der Waals surface area (Å²) < 4.78 is 0. The van der Waals surface area contributed by atoms with Crippen molar-refractivity contribution >= 4 is 17.9 Å². The normalized spacial score (nSPS) is 24.3. The number of carbonyl (C=O) groups is 3. The fourth-order valence-corrected chi connectivity index (χ4v) is 4.97. The maximum absolute atomic E-state index is 12.3. The number of carboxylic acid groups (broad SMARTS) is 1. The molecular formula is C26H39N5O4. The first kappa shape index (κ1) is 28.1. The second kappa shape index (κ2) is 13.7. The largest absolute Gasteiger partial charge is 0.481 e. The van der Waals surface area contributed by atoms with Crippen LogP contribution in [0.3, 0.4) is 0 Å². The van der Waals surface area contributed by atoms with Gasteiger partial charge in [-0.1, -0.05) is 35.9 Å². The minimum atomic E-state index is -0.833. The summed E-state index contributed by atoms with van der Waals surface area (Å²) >= 11 is 0. The number of carbonyl (C=O) groups excluding carboxylic acids is 2. The van der Waals surface area contributed by atoms with Gasteiger partial charge in [0.1, 0.15) is 6.04 Å². The van der Waals surface area contributed by atoms with Crippen LogP contribution in [-0.4, -0.2) is 90.1 Å². The zero-order valence-electron chi connectivity index (χ0n) is 21.3.